The standard InChI is InChI=1S/C17H13NOS/c1-20-15-11-18-14-10-6-5-9-13(14)16(15)17(19)12-7-3-2-4-8-12/h2-11H,1H3. The summed E-state index contributed by atoms with van der Waals surface area (Å²) in [6.45, 7) is 0. The first kappa shape index (κ1) is 12.9. The highest BCUT2D eigenvalue weighted by molar-refractivity contribution is 7.98. The van der Waals surface area contributed by atoms with E-state index in [9.17, 15) is 4.79 Å². The highest BCUT2D eigenvalue weighted by atomic mass is 32.2. The Kier molecular flexibility index (Phi) is 3.52. The van der Waals surface area contributed by atoms with Crippen LogP contribution in [0.3, 0.4) is 0 Å². The van der Waals surface area contributed by atoms with E-state index in [1.54, 1.807) is 18.0 Å². The van der Waals surface area contributed by atoms with Gasteiger partial charge in [-0.2, -0.15) is 0 Å². The number of fused-ring (bicyclic) bond motifs is 1. The summed E-state index contributed by atoms with van der Waals surface area (Å²) in [6, 6.07) is 17.1. The van der Waals surface area contributed by atoms with Crippen LogP contribution in [-0.4, -0.2) is 17.0 Å². The zero-order valence-corrected chi connectivity index (χ0v) is 11.9. The van der Waals surface area contributed by atoms with E-state index >= 15 is 0 Å². The van der Waals surface area contributed by atoms with Crippen molar-refractivity contribution in [3.8, 4) is 0 Å². The third kappa shape index (κ3) is 2.21. The average molecular weight is 279 g/mol. The minimum atomic E-state index is 0.0496. The minimum absolute atomic E-state index is 0.0496. The summed E-state index contributed by atoms with van der Waals surface area (Å²) in [4.78, 5) is 18.1. The Bertz CT molecular complexity index is 768. The molecule has 98 valence electrons. The van der Waals surface area contributed by atoms with Crippen molar-refractivity contribution in [2.24, 2.45) is 0 Å². The van der Waals surface area contributed by atoms with E-state index in [0.717, 1.165) is 21.4 Å². The van der Waals surface area contributed by atoms with Crippen molar-refractivity contribution >= 4 is 28.4 Å². The van der Waals surface area contributed by atoms with E-state index in [1.165, 1.54) is 0 Å². The lowest BCUT2D eigenvalue weighted by Crippen LogP contribution is -2.04. The van der Waals surface area contributed by atoms with E-state index in [0.29, 0.717) is 5.56 Å². The molecule has 0 aliphatic carbocycles. The van der Waals surface area contributed by atoms with Crippen LogP contribution in [0.4, 0.5) is 0 Å². The fraction of sp³-hybridized carbons (Fsp3) is 0.0588. The van der Waals surface area contributed by atoms with E-state index < -0.39 is 0 Å². The SMILES string of the molecule is CSc1cnc2ccccc2c1C(=O)c1ccccc1. The van der Waals surface area contributed by atoms with E-state index in [-0.39, 0.29) is 5.78 Å². The number of benzene rings is 2. The molecule has 0 atom stereocenters. The van der Waals surface area contributed by atoms with E-state index in [2.05, 4.69) is 4.98 Å². The fourth-order valence-electron chi connectivity index (χ4n) is 2.25. The zero-order valence-electron chi connectivity index (χ0n) is 11.0. The molecule has 0 spiro atoms. The molecule has 0 N–H and O–H groups in total. The maximum atomic E-state index is 12.8. The average Bonchev–Trinajstić information content (AvgIpc) is 2.54. The number of nitrogens with zero attached hydrogens (tertiary/aromatic N) is 1. The fourth-order valence-corrected chi connectivity index (χ4v) is 2.81. The quantitative estimate of drug-likeness (QED) is 0.532. The van der Waals surface area contributed by atoms with Crippen molar-refractivity contribution in [3.05, 3.63) is 71.9 Å². The van der Waals surface area contributed by atoms with Crippen molar-refractivity contribution in [2.75, 3.05) is 6.26 Å². The number of thioether (sulfide) groups is 1. The normalized spacial score (nSPS) is 10.7. The van der Waals surface area contributed by atoms with Crippen molar-refractivity contribution in [3.63, 3.8) is 0 Å². The van der Waals surface area contributed by atoms with Crippen LogP contribution in [0.25, 0.3) is 10.9 Å². The van der Waals surface area contributed by atoms with Crippen LogP contribution in [0, 0.1) is 0 Å². The number of hydrogen-bond donors (Lipinski definition) is 0. The van der Waals surface area contributed by atoms with Crippen LogP contribution in [0.2, 0.25) is 0 Å². The Balaban J connectivity index is 2.26. The summed E-state index contributed by atoms with van der Waals surface area (Å²) < 4.78 is 0. The molecular formula is C17H13NOS. The summed E-state index contributed by atoms with van der Waals surface area (Å²) in [6.07, 6.45) is 3.75. The number of hydrogen-bond acceptors (Lipinski definition) is 3. The third-order valence-electron chi connectivity index (χ3n) is 3.22. The van der Waals surface area contributed by atoms with Gasteiger partial charge in [-0.1, -0.05) is 48.5 Å². The van der Waals surface area contributed by atoms with Crippen LogP contribution in [0.15, 0.2) is 65.7 Å². The molecule has 0 aliphatic rings. The maximum absolute atomic E-state index is 12.8. The van der Waals surface area contributed by atoms with Gasteiger partial charge in [-0.05, 0) is 12.3 Å². The largest absolute Gasteiger partial charge is 0.289 e. The summed E-state index contributed by atoms with van der Waals surface area (Å²) in [5.41, 5.74) is 2.30. The Labute approximate surface area is 121 Å². The second kappa shape index (κ2) is 5.47. The molecule has 3 heteroatoms. The summed E-state index contributed by atoms with van der Waals surface area (Å²) in [5.74, 6) is 0.0496. The number of rotatable bonds is 3. The molecule has 0 aliphatic heterocycles. The molecule has 0 fully saturated rings. The maximum Gasteiger partial charge on any atom is 0.194 e. The molecule has 1 aromatic heterocycles. The van der Waals surface area contributed by atoms with Gasteiger partial charge in [0.15, 0.2) is 5.78 Å². The topological polar surface area (TPSA) is 30.0 Å². The van der Waals surface area contributed by atoms with Gasteiger partial charge in [0, 0.05) is 27.6 Å². The van der Waals surface area contributed by atoms with Gasteiger partial charge in [0.1, 0.15) is 0 Å². The molecular weight excluding hydrogens is 266 g/mol. The number of pyridine rings is 1. The van der Waals surface area contributed by atoms with Gasteiger partial charge >= 0.3 is 0 Å². The van der Waals surface area contributed by atoms with Crippen molar-refractivity contribution in [1.82, 2.24) is 4.98 Å². The third-order valence-corrected chi connectivity index (χ3v) is 3.97. The lowest BCUT2D eigenvalue weighted by atomic mass is 10.00. The highest BCUT2D eigenvalue weighted by Crippen LogP contribution is 2.28. The Hall–Kier alpha value is -2.13. The lowest BCUT2D eigenvalue weighted by molar-refractivity contribution is 0.103. The van der Waals surface area contributed by atoms with Crippen molar-refractivity contribution < 1.29 is 4.79 Å². The van der Waals surface area contributed by atoms with Gasteiger partial charge in [-0.3, -0.25) is 9.78 Å². The van der Waals surface area contributed by atoms with Gasteiger partial charge in [0.25, 0.3) is 0 Å². The smallest absolute Gasteiger partial charge is 0.194 e. The van der Waals surface area contributed by atoms with E-state index in [1.807, 2.05) is 60.9 Å². The Morgan fingerprint density at radius 2 is 1.70 bits per heavy atom. The van der Waals surface area contributed by atoms with Crippen LogP contribution >= 0.6 is 11.8 Å². The monoisotopic (exact) mass is 279 g/mol. The first-order chi connectivity index (χ1) is 9.81. The number of ketones is 1. The minimum Gasteiger partial charge on any atom is -0.289 e. The number of carbonyl (C=O) groups excluding carboxylic acids is 1. The van der Waals surface area contributed by atoms with Crippen molar-refractivity contribution in [1.29, 1.82) is 0 Å². The van der Waals surface area contributed by atoms with Gasteiger partial charge in [-0.15, -0.1) is 11.8 Å². The summed E-state index contributed by atoms with van der Waals surface area (Å²) in [5, 5.41) is 0.910. The molecule has 0 radical (unpaired) electrons. The molecule has 2 aromatic carbocycles. The summed E-state index contributed by atoms with van der Waals surface area (Å²) in [7, 11) is 0. The van der Waals surface area contributed by atoms with E-state index in [4.69, 9.17) is 0 Å². The van der Waals surface area contributed by atoms with Crippen LogP contribution in [0.1, 0.15) is 15.9 Å². The Morgan fingerprint density at radius 3 is 2.45 bits per heavy atom. The lowest BCUT2D eigenvalue weighted by Gasteiger charge is -2.10. The summed E-state index contributed by atoms with van der Waals surface area (Å²) >= 11 is 1.55. The predicted octanol–water partition coefficient (Wildman–Crippen LogP) is 4.19. The van der Waals surface area contributed by atoms with Crippen LogP contribution in [-0.2, 0) is 0 Å². The highest BCUT2D eigenvalue weighted by Gasteiger charge is 2.17. The molecule has 0 saturated carbocycles. The molecule has 0 amide bonds. The molecule has 0 saturated heterocycles. The van der Waals surface area contributed by atoms with Gasteiger partial charge in [0.05, 0.1) is 5.52 Å². The van der Waals surface area contributed by atoms with Gasteiger partial charge in [0.2, 0.25) is 0 Å². The van der Waals surface area contributed by atoms with Crippen LogP contribution < -0.4 is 0 Å². The first-order valence-corrected chi connectivity index (χ1v) is 7.55. The number of carbonyl (C=O) groups is 1. The number of aromatic nitrogens is 1. The molecule has 1 heterocycles. The molecule has 2 nitrogen and oxygen atoms in total. The number of para-hydroxylation sites is 1. The Morgan fingerprint density at radius 1 is 1.00 bits per heavy atom. The first-order valence-electron chi connectivity index (χ1n) is 6.33. The van der Waals surface area contributed by atoms with Crippen molar-refractivity contribution in [2.45, 2.75) is 4.90 Å². The molecule has 3 aromatic rings. The second-order valence-corrected chi connectivity index (χ2v) is 5.26. The van der Waals surface area contributed by atoms with Gasteiger partial charge in [-0.25, -0.2) is 0 Å². The predicted molar refractivity (Wildman–Crippen MR) is 83.4 cm³/mol. The molecule has 0 unspecified atom stereocenters. The molecule has 0 bridgehead atoms. The molecule has 20 heavy (non-hydrogen) atoms. The second-order valence-electron chi connectivity index (χ2n) is 4.41. The molecule has 3 rings (SSSR count). The van der Waals surface area contributed by atoms with Gasteiger partial charge < -0.3 is 0 Å². The zero-order chi connectivity index (χ0) is 13.9. The van der Waals surface area contributed by atoms with Crippen LogP contribution in [0.5, 0.6) is 0 Å².